The van der Waals surface area contributed by atoms with Crippen molar-refractivity contribution in [2.24, 2.45) is 0 Å². The van der Waals surface area contributed by atoms with Gasteiger partial charge in [-0.25, -0.2) is 0 Å². The van der Waals surface area contributed by atoms with Crippen LogP contribution in [0.5, 0.6) is 5.75 Å². The van der Waals surface area contributed by atoms with E-state index < -0.39 is 6.10 Å². The standard InChI is InChI=1S/C15H15NO3/c1-3-8-16-15(18)10(2)19-12-5-6-13-11(9-12)4-7-14(13)17/h1,5-6,9-10H,4,7-8H2,2H3,(H,16,18). The Bertz CT molecular complexity index is 557. The summed E-state index contributed by atoms with van der Waals surface area (Å²) in [6.07, 6.45) is 5.74. The van der Waals surface area contributed by atoms with Crippen LogP contribution >= 0.6 is 0 Å². The third-order valence-electron chi connectivity index (χ3n) is 3.05. The molecule has 98 valence electrons. The molecule has 0 saturated carbocycles. The van der Waals surface area contributed by atoms with Crippen molar-refractivity contribution in [3.8, 4) is 18.1 Å². The van der Waals surface area contributed by atoms with E-state index in [1.54, 1.807) is 19.1 Å². The minimum absolute atomic E-state index is 0.168. The normalized spacial score (nSPS) is 14.4. The molecule has 1 aromatic rings. The molecule has 0 aliphatic heterocycles. The first-order valence-corrected chi connectivity index (χ1v) is 6.16. The summed E-state index contributed by atoms with van der Waals surface area (Å²) in [6.45, 7) is 1.84. The van der Waals surface area contributed by atoms with Crippen LogP contribution in [-0.2, 0) is 11.2 Å². The predicted molar refractivity (Wildman–Crippen MR) is 71.0 cm³/mol. The fourth-order valence-corrected chi connectivity index (χ4v) is 2.04. The van der Waals surface area contributed by atoms with E-state index in [9.17, 15) is 9.59 Å². The highest BCUT2D eigenvalue weighted by Gasteiger charge is 2.20. The molecular weight excluding hydrogens is 242 g/mol. The SMILES string of the molecule is C#CCNC(=O)C(C)Oc1ccc2c(c1)CCC2=O. The lowest BCUT2D eigenvalue weighted by Gasteiger charge is -2.14. The number of rotatable bonds is 4. The van der Waals surface area contributed by atoms with Gasteiger partial charge in [-0.2, -0.15) is 0 Å². The predicted octanol–water partition coefficient (Wildman–Crippen LogP) is 1.33. The van der Waals surface area contributed by atoms with Crippen LogP contribution in [0, 0.1) is 12.3 Å². The van der Waals surface area contributed by atoms with Gasteiger partial charge in [0.15, 0.2) is 11.9 Å². The number of Topliss-reactive ketones (excluding diaryl/α,β-unsaturated/α-hetero) is 1. The van der Waals surface area contributed by atoms with Gasteiger partial charge < -0.3 is 10.1 Å². The first-order valence-electron chi connectivity index (χ1n) is 6.16. The van der Waals surface area contributed by atoms with Crippen molar-refractivity contribution in [1.29, 1.82) is 0 Å². The molecule has 1 amide bonds. The van der Waals surface area contributed by atoms with Crippen molar-refractivity contribution in [3.63, 3.8) is 0 Å². The Kier molecular flexibility index (Phi) is 3.86. The van der Waals surface area contributed by atoms with Crippen LogP contribution in [0.3, 0.4) is 0 Å². The lowest BCUT2D eigenvalue weighted by atomic mass is 10.1. The van der Waals surface area contributed by atoms with Gasteiger partial charge >= 0.3 is 0 Å². The van der Waals surface area contributed by atoms with E-state index in [4.69, 9.17) is 11.2 Å². The summed E-state index contributed by atoms with van der Waals surface area (Å²) in [5.41, 5.74) is 1.75. The zero-order chi connectivity index (χ0) is 13.8. The largest absolute Gasteiger partial charge is 0.481 e. The van der Waals surface area contributed by atoms with E-state index in [1.165, 1.54) is 0 Å². The topological polar surface area (TPSA) is 55.4 Å². The second-order valence-corrected chi connectivity index (χ2v) is 4.42. The summed E-state index contributed by atoms with van der Waals surface area (Å²) in [5, 5.41) is 2.56. The van der Waals surface area contributed by atoms with Crippen LogP contribution < -0.4 is 10.1 Å². The summed E-state index contributed by atoms with van der Waals surface area (Å²) in [6, 6.07) is 5.30. The van der Waals surface area contributed by atoms with Crippen LogP contribution in [0.4, 0.5) is 0 Å². The minimum Gasteiger partial charge on any atom is -0.481 e. The Balaban J connectivity index is 2.02. The number of nitrogens with one attached hydrogen (secondary N) is 1. The number of hydrogen-bond donors (Lipinski definition) is 1. The summed E-state index contributed by atoms with van der Waals surface area (Å²) in [5.74, 6) is 2.84. The van der Waals surface area contributed by atoms with E-state index in [-0.39, 0.29) is 18.2 Å². The second-order valence-electron chi connectivity index (χ2n) is 4.42. The van der Waals surface area contributed by atoms with Crippen LogP contribution in [0.15, 0.2) is 18.2 Å². The number of benzene rings is 1. The molecule has 0 saturated heterocycles. The average Bonchev–Trinajstić information content (AvgIpc) is 2.77. The van der Waals surface area contributed by atoms with Crippen molar-refractivity contribution in [2.45, 2.75) is 25.9 Å². The molecule has 0 radical (unpaired) electrons. The molecule has 1 aromatic carbocycles. The van der Waals surface area contributed by atoms with Crippen molar-refractivity contribution >= 4 is 11.7 Å². The van der Waals surface area contributed by atoms with E-state index in [1.807, 2.05) is 6.07 Å². The minimum atomic E-state index is -0.622. The molecule has 1 atom stereocenters. The molecule has 1 N–H and O–H groups in total. The Labute approximate surface area is 112 Å². The Hall–Kier alpha value is -2.28. The third kappa shape index (κ3) is 2.94. The maximum atomic E-state index is 11.6. The van der Waals surface area contributed by atoms with Crippen molar-refractivity contribution in [2.75, 3.05) is 6.54 Å². The first-order chi connectivity index (χ1) is 9.11. The van der Waals surface area contributed by atoms with Gasteiger partial charge in [-0.15, -0.1) is 6.42 Å². The van der Waals surface area contributed by atoms with Gasteiger partial charge in [0.25, 0.3) is 5.91 Å². The average molecular weight is 257 g/mol. The fraction of sp³-hybridized carbons (Fsp3) is 0.333. The van der Waals surface area contributed by atoms with Crippen LogP contribution in [0.2, 0.25) is 0 Å². The molecule has 1 aliphatic rings. The lowest BCUT2D eigenvalue weighted by molar-refractivity contribution is -0.127. The highest BCUT2D eigenvalue weighted by atomic mass is 16.5. The highest BCUT2D eigenvalue weighted by molar-refractivity contribution is 6.00. The number of aryl methyl sites for hydroxylation is 1. The number of ketones is 1. The summed E-state index contributed by atoms with van der Waals surface area (Å²) in [7, 11) is 0. The molecule has 4 heteroatoms. The number of carbonyl (C=O) groups excluding carboxylic acids is 2. The smallest absolute Gasteiger partial charge is 0.261 e. The van der Waals surface area contributed by atoms with E-state index in [0.717, 1.165) is 17.5 Å². The summed E-state index contributed by atoms with van der Waals surface area (Å²) >= 11 is 0. The number of carbonyl (C=O) groups is 2. The zero-order valence-corrected chi connectivity index (χ0v) is 10.7. The number of terminal acetylenes is 1. The van der Waals surface area contributed by atoms with E-state index in [2.05, 4.69) is 11.2 Å². The molecule has 1 aliphatic carbocycles. The van der Waals surface area contributed by atoms with Gasteiger partial charge in [0.05, 0.1) is 6.54 Å². The monoisotopic (exact) mass is 257 g/mol. The van der Waals surface area contributed by atoms with Gasteiger partial charge in [-0.05, 0) is 37.1 Å². The number of fused-ring (bicyclic) bond motifs is 1. The number of hydrogen-bond acceptors (Lipinski definition) is 3. The van der Waals surface area contributed by atoms with E-state index in [0.29, 0.717) is 12.2 Å². The van der Waals surface area contributed by atoms with Crippen LogP contribution in [-0.4, -0.2) is 24.3 Å². The first kappa shape index (κ1) is 13.2. The molecule has 0 heterocycles. The Morgan fingerprint density at radius 2 is 2.32 bits per heavy atom. The van der Waals surface area contributed by atoms with Crippen LogP contribution in [0.25, 0.3) is 0 Å². The maximum absolute atomic E-state index is 11.6. The molecule has 4 nitrogen and oxygen atoms in total. The number of ether oxygens (including phenoxy) is 1. The van der Waals surface area contributed by atoms with Gasteiger partial charge in [-0.1, -0.05) is 5.92 Å². The van der Waals surface area contributed by atoms with Crippen molar-refractivity contribution in [1.82, 2.24) is 5.32 Å². The zero-order valence-electron chi connectivity index (χ0n) is 10.7. The van der Waals surface area contributed by atoms with E-state index >= 15 is 0 Å². The van der Waals surface area contributed by atoms with Crippen molar-refractivity contribution < 1.29 is 14.3 Å². The number of amides is 1. The Morgan fingerprint density at radius 1 is 1.53 bits per heavy atom. The molecule has 0 fully saturated rings. The van der Waals surface area contributed by atoms with Crippen molar-refractivity contribution in [3.05, 3.63) is 29.3 Å². The van der Waals surface area contributed by atoms with Gasteiger partial charge in [0, 0.05) is 12.0 Å². The van der Waals surface area contributed by atoms with Gasteiger partial charge in [0.2, 0.25) is 0 Å². The quantitative estimate of drug-likeness (QED) is 0.828. The highest BCUT2D eigenvalue weighted by Crippen LogP contribution is 2.26. The summed E-state index contributed by atoms with van der Waals surface area (Å²) in [4.78, 5) is 23.1. The Morgan fingerprint density at radius 3 is 3.05 bits per heavy atom. The fourth-order valence-electron chi connectivity index (χ4n) is 2.04. The second kappa shape index (κ2) is 5.57. The molecule has 0 bridgehead atoms. The van der Waals surface area contributed by atoms with Gasteiger partial charge in [0.1, 0.15) is 5.75 Å². The molecule has 1 unspecified atom stereocenters. The van der Waals surface area contributed by atoms with Gasteiger partial charge in [-0.3, -0.25) is 9.59 Å². The molecule has 19 heavy (non-hydrogen) atoms. The molecule has 0 spiro atoms. The van der Waals surface area contributed by atoms with Crippen LogP contribution in [0.1, 0.15) is 29.3 Å². The summed E-state index contributed by atoms with van der Waals surface area (Å²) < 4.78 is 5.54. The molecule has 0 aromatic heterocycles. The maximum Gasteiger partial charge on any atom is 0.261 e. The molecular formula is C15H15NO3. The molecule has 2 rings (SSSR count). The lowest BCUT2D eigenvalue weighted by Crippen LogP contribution is -2.36. The third-order valence-corrected chi connectivity index (χ3v) is 3.05.